The predicted molar refractivity (Wildman–Crippen MR) is 68.9 cm³/mol. The van der Waals surface area contributed by atoms with Crippen LogP contribution in [0.15, 0.2) is 36.4 Å². The second-order valence-corrected chi connectivity index (χ2v) is 3.94. The topological polar surface area (TPSA) is 49.3 Å². The third-order valence-corrected chi connectivity index (χ3v) is 2.41. The summed E-state index contributed by atoms with van der Waals surface area (Å²) in [6.07, 6.45) is 5.04. The molecule has 0 saturated heterocycles. The van der Waals surface area contributed by atoms with Crippen LogP contribution in [0.2, 0.25) is 0 Å². The number of nitrogens with one attached hydrogen (secondary N) is 1. The van der Waals surface area contributed by atoms with Crippen molar-refractivity contribution in [1.82, 2.24) is 5.32 Å². The van der Waals surface area contributed by atoms with Crippen LogP contribution < -0.4 is 5.32 Å². The molecule has 0 bridgehead atoms. The first kappa shape index (κ1) is 13.5. The zero-order valence-electron chi connectivity index (χ0n) is 10.1. The van der Waals surface area contributed by atoms with Crippen molar-refractivity contribution in [3.63, 3.8) is 0 Å². The number of carbonyl (C=O) groups is 1. The van der Waals surface area contributed by atoms with E-state index in [-0.39, 0.29) is 0 Å². The molecule has 0 atom stereocenters. The van der Waals surface area contributed by atoms with Gasteiger partial charge in [0.15, 0.2) is 0 Å². The van der Waals surface area contributed by atoms with Crippen LogP contribution in [0, 0.1) is 0 Å². The lowest BCUT2D eigenvalue weighted by Gasteiger charge is -2.03. The van der Waals surface area contributed by atoms with Gasteiger partial charge in [0.05, 0.1) is 0 Å². The summed E-state index contributed by atoms with van der Waals surface area (Å²) in [7, 11) is 0. The van der Waals surface area contributed by atoms with Crippen molar-refractivity contribution < 1.29 is 9.90 Å². The number of aliphatic carboxylic acids is 1. The van der Waals surface area contributed by atoms with Crippen LogP contribution in [0.3, 0.4) is 0 Å². The SMILES string of the molecule is CCCc1ccc(CNC/C=C/C(=O)O)cc1. The first-order valence-electron chi connectivity index (χ1n) is 5.90. The molecule has 1 aromatic rings. The first-order chi connectivity index (χ1) is 8.22. The van der Waals surface area contributed by atoms with Gasteiger partial charge in [-0.3, -0.25) is 0 Å². The Bertz CT molecular complexity index is 368. The maximum Gasteiger partial charge on any atom is 0.328 e. The smallest absolute Gasteiger partial charge is 0.328 e. The molecule has 17 heavy (non-hydrogen) atoms. The molecule has 3 nitrogen and oxygen atoms in total. The second kappa shape index (κ2) is 7.63. The Morgan fingerprint density at radius 1 is 1.29 bits per heavy atom. The maximum atomic E-state index is 10.2. The summed E-state index contributed by atoms with van der Waals surface area (Å²) in [5.41, 5.74) is 2.58. The lowest BCUT2D eigenvalue weighted by atomic mass is 10.1. The molecule has 0 radical (unpaired) electrons. The molecule has 1 rings (SSSR count). The Morgan fingerprint density at radius 3 is 2.53 bits per heavy atom. The van der Waals surface area contributed by atoms with Crippen LogP contribution in [0.25, 0.3) is 0 Å². The van der Waals surface area contributed by atoms with Crippen molar-refractivity contribution in [2.24, 2.45) is 0 Å². The Morgan fingerprint density at radius 2 is 1.94 bits per heavy atom. The average Bonchev–Trinajstić information content (AvgIpc) is 2.31. The molecule has 0 aliphatic heterocycles. The van der Waals surface area contributed by atoms with Gasteiger partial charge in [0.1, 0.15) is 0 Å². The van der Waals surface area contributed by atoms with Gasteiger partial charge in [-0.05, 0) is 17.5 Å². The lowest BCUT2D eigenvalue weighted by molar-refractivity contribution is -0.131. The quantitative estimate of drug-likeness (QED) is 0.561. The molecule has 0 aliphatic carbocycles. The summed E-state index contributed by atoms with van der Waals surface area (Å²) in [5.74, 6) is -0.907. The highest BCUT2D eigenvalue weighted by molar-refractivity contribution is 5.79. The Hall–Kier alpha value is -1.61. The van der Waals surface area contributed by atoms with Crippen LogP contribution >= 0.6 is 0 Å². The molecule has 0 unspecified atom stereocenters. The molecule has 0 aliphatic rings. The van der Waals surface area contributed by atoms with Crippen molar-refractivity contribution in [1.29, 1.82) is 0 Å². The van der Waals surface area contributed by atoms with E-state index in [0.29, 0.717) is 6.54 Å². The van der Waals surface area contributed by atoms with Gasteiger partial charge >= 0.3 is 5.97 Å². The van der Waals surface area contributed by atoms with Crippen LogP contribution in [-0.4, -0.2) is 17.6 Å². The molecule has 0 fully saturated rings. The van der Waals surface area contributed by atoms with E-state index < -0.39 is 5.97 Å². The van der Waals surface area contributed by atoms with Crippen molar-refractivity contribution in [2.45, 2.75) is 26.3 Å². The summed E-state index contributed by atoms with van der Waals surface area (Å²) in [6, 6.07) is 8.51. The van der Waals surface area contributed by atoms with Gasteiger partial charge in [-0.2, -0.15) is 0 Å². The summed E-state index contributed by atoms with van der Waals surface area (Å²) in [6.45, 7) is 3.50. The number of carboxylic acid groups (broad SMARTS) is 1. The monoisotopic (exact) mass is 233 g/mol. The van der Waals surface area contributed by atoms with E-state index in [1.54, 1.807) is 6.08 Å². The number of hydrogen-bond donors (Lipinski definition) is 2. The van der Waals surface area contributed by atoms with Crippen LogP contribution in [0.4, 0.5) is 0 Å². The third kappa shape index (κ3) is 5.88. The largest absolute Gasteiger partial charge is 0.478 e. The Balaban J connectivity index is 2.29. The summed E-state index contributed by atoms with van der Waals surface area (Å²) in [5, 5.41) is 11.6. The fourth-order valence-corrected chi connectivity index (χ4v) is 1.57. The number of benzene rings is 1. The zero-order valence-corrected chi connectivity index (χ0v) is 10.1. The zero-order chi connectivity index (χ0) is 12.5. The highest BCUT2D eigenvalue weighted by atomic mass is 16.4. The Labute approximate surface area is 102 Å². The van der Waals surface area contributed by atoms with Crippen molar-refractivity contribution in [2.75, 3.05) is 6.54 Å². The summed E-state index contributed by atoms with van der Waals surface area (Å²) in [4.78, 5) is 10.2. The molecular weight excluding hydrogens is 214 g/mol. The van der Waals surface area contributed by atoms with Gasteiger partial charge < -0.3 is 10.4 Å². The van der Waals surface area contributed by atoms with E-state index in [9.17, 15) is 4.79 Å². The van der Waals surface area contributed by atoms with Crippen molar-refractivity contribution >= 4 is 5.97 Å². The van der Waals surface area contributed by atoms with Crippen LogP contribution in [0.5, 0.6) is 0 Å². The lowest BCUT2D eigenvalue weighted by Crippen LogP contribution is -2.13. The van der Waals surface area contributed by atoms with E-state index in [1.807, 2.05) is 0 Å². The molecule has 0 amide bonds. The van der Waals surface area contributed by atoms with E-state index in [1.165, 1.54) is 11.1 Å². The molecule has 2 N–H and O–H groups in total. The maximum absolute atomic E-state index is 10.2. The van der Waals surface area contributed by atoms with Gasteiger partial charge in [0, 0.05) is 19.2 Å². The van der Waals surface area contributed by atoms with E-state index >= 15 is 0 Å². The molecule has 3 heteroatoms. The highest BCUT2D eigenvalue weighted by Crippen LogP contribution is 2.06. The van der Waals surface area contributed by atoms with Gasteiger partial charge in [-0.1, -0.05) is 43.7 Å². The molecule has 0 aromatic heterocycles. The first-order valence-corrected chi connectivity index (χ1v) is 5.90. The molecule has 0 spiro atoms. The standard InChI is InChI=1S/C14H19NO2/c1-2-4-12-6-8-13(9-7-12)11-15-10-3-5-14(16)17/h3,5-9,15H,2,4,10-11H2,1H3,(H,16,17)/b5-3+. The van der Waals surface area contributed by atoms with E-state index in [2.05, 4.69) is 36.5 Å². The summed E-state index contributed by atoms with van der Waals surface area (Å²) < 4.78 is 0. The fourth-order valence-electron chi connectivity index (χ4n) is 1.57. The van der Waals surface area contributed by atoms with Gasteiger partial charge in [0.2, 0.25) is 0 Å². The number of hydrogen-bond acceptors (Lipinski definition) is 2. The number of carboxylic acids is 1. The molecular formula is C14H19NO2. The molecule has 0 heterocycles. The van der Waals surface area contributed by atoms with Gasteiger partial charge in [-0.15, -0.1) is 0 Å². The van der Waals surface area contributed by atoms with Gasteiger partial charge in [0.25, 0.3) is 0 Å². The highest BCUT2D eigenvalue weighted by Gasteiger charge is 1.93. The fraction of sp³-hybridized carbons (Fsp3) is 0.357. The summed E-state index contributed by atoms with van der Waals surface area (Å²) >= 11 is 0. The number of aryl methyl sites for hydroxylation is 1. The minimum Gasteiger partial charge on any atom is -0.478 e. The van der Waals surface area contributed by atoms with Crippen LogP contribution in [-0.2, 0) is 17.8 Å². The van der Waals surface area contributed by atoms with E-state index in [4.69, 9.17) is 5.11 Å². The van der Waals surface area contributed by atoms with Crippen molar-refractivity contribution in [3.8, 4) is 0 Å². The Kier molecular flexibility index (Phi) is 6.04. The molecule has 1 aromatic carbocycles. The second-order valence-electron chi connectivity index (χ2n) is 3.94. The van der Waals surface area contributed by atoms with Crippen LogP contribution in [0.1, 0.15) is 24.5 Å². The molecule has 0 saturated carbocycles. The average molecular weight is 233 g/mol. The number of rotatable bonds is 7. The van der Waals surface area contributed by atoms with Gasteiger partial charge in [-0.25, -0.2) is 4.79 Å². The minimum absolute atomic E-state index is 0.572. The van der Waals surface area contributed by atoms with Crippen molar-refractivity contribution in [3.05, 3.63) is 47.5 Å². The molecule has 92 valence electrons. The normalized spacial score (nSPS) is 10.9. The minimum atomic E-state index is -0.907. The third-order valence-electron chi connectivity index (χ3n) is 2.41. The van der Waals surface area contributed by atoms with E-state index in [0.717, 1.165) is 25.5 Å². The predicted octanol–water partition coefficient (Wildman–Crippen LogP) is 2.37.